The number of pyridine rings is 1. The number of anilines is 1. The largest absolute Gasteiger partial charge is 0.497 e. The molecule has 0 spiro atoms. The highest BCUT2D eigenvalue weighted by molar-refractivity contribution is 6.05. The summed E-state index contributed by atoms with van der Waals surface area (Å²) in [6.45, 7) is 2.87. The van der Waals surface area contributed by atoms with E-state index in [4.69, 9.17) is 18.9 Å². The quantitative estimate of drug-likeness (QED) is 0.125. The first-order valence-corrected chi connectivity index (χ1v) is 17.2. The Morgan fingerprint density at radius 3 is 2.36 bits per heavy atom. The van der Waals surface area contributed by atoms with Crippen molar-refractivity contribution in [1.29, 1.82) is 0 Å². The summed E-state index contributed by atoms with van der Waals surface area (Å²) in [6, 6.07) is 28.6. The minimum atomic E-state index is -0.793. The maximum absolute atomic E-state index is 15.4. The van der Waals surface area contributed by atoms with Gasteiger partial charge in [0.2, 0.25) is 0 Å². The molecular weight excluding hydrogens is 709 g/mol. The lowest BCUT2D eigenvalue weighted by atomic mass is 10.2. The van der Waals surface area contributed by atoms with Gasteiger partial charge in [-0.25, -0.2) is 13.9 Å². The van der Waals surface area contributed by atoms with Crippen molar-refractivity contribution in [2.24, 2.45) is 0 Å². The van der Waals surface area contributed by atoms with Crippen molar-refractivity contribution in [3.63, 3.8) is 0 Å². The number of carbonyl (C=O) groups is 3. The Balaban J connectivity index is 1.16. The van der Waals surface area contributed by atoms with Gasteiger partial charge in [-0.2, -0.15) is 0 Å². The molecule has 0 saturated heterocycles. The monoisotopic (exact) mass is 747 g/mol. The molecule has 0 aliphatic heterocycles. The molecule has 0 saturated carbocycles. The normalized spacial score (nSPS) is 11.4. The lowest BCUT2D eigenvalue weighted by Gasteiger charge is -2.21. The number of hydrogen-bond acceptors (Lipinski definition) is 9. The van der Waals surface area contributed by atoms with E-state index in [0.717, 1.165) is 16.5 Å². The van der Waals surface area contributed by atoms with Gasteiger partial charge in [-0.15, -0.1) is 0 Å². The van der Waals surface area contributed by atoms with E-state index in [1.54, 1.807) is 75.6 Å². The van der Waals surface area contributed by atoms with Gasteiger partial charge in [0, 0.05) is 36.5 Å². The Morgan fingerprint density at radius 2 is 1.65 bits per heavy atom. The van der Waals surface area contributed by atoms with Crippen LogP contribution in [0.5, 0.6) is 17.2 Å². The van der Waals surface area contributed by atoms with Crippen LogP contribution in [0.15, 0.2) is 114 Å². The Kier molecular flexibility index (Phi) is 11.5. The van der Waals surface area contributed by atoms with Crippen LogP contribution in [0.3, 0.4) is 0 Å². The van der Waals surface area contributed by atoms with Gasteiger partial charge in [0.05, 0.1) is 30.6 Å². The fraction of sp³-hybridized carbons (Fsp3) is 0.195. The molecule has 2 amide bonds. The molecule has 2 aromatic heterocycles. The summed E-state index contributed by atoms with van der Waals surface area (Å²) in [5, 5.41) is 3.27. The van der Waals surface area contributed by atoms with Gasteiger partial charge in [-0.1, -0.05) is 48.5 Å². The molecular formula is C41H38FN5O8. The smallest absolute Gasteiger partial charge is 0.410 e. The van der Waals surface area contributed by atoms with E-state index in [2.05, 4.69) is 10.3 Å². The number of likely N-dealkylation sites (N-methyl/N-ethyl adjacent to an activating group) is 1. The third kappa shape index (κ3) is 8.82. The van der Waals surface area contributed by atoms with E-state index >= 15 is 4.39 Å². The van der Waals surface area contributed by atoms with Gasteiger partial charge in [0.1, 0.15) is 36.3 Å². The van der Waals surface area contributed by atoms with Crippen LogP contribution >= 0.6 is 0 Å². The summed E-state index contributed by atoms with van der Waals surface area (Å²) < 4.78 is 40.3. The number of halogens is 1. The number of methoxy groups -OCH3 is 1. The molecule has 4 aromatic carbocycles. The minimum Gasteiger partial charge on any atom is -0.497 e. The molecule has 55 heavy (non-hydrogen) atoms. The number of ether oxygens (including phenoxy) is 4. The summed E-state index contributed by atoms with van der Waals surface area (Å²) in [5.74, 6) is -1.33. The van der Waals surface area contributed by atoms with Gasteiger partial charge in [0.15, 0.2) is 11.6 Å². The van der Waals surface area contributed by atoms with Crippen LogP contribution in [0.2, 0.25) is 0 Å². The second-order valence-corrected chi connectivity index (χ2v) is 12.6. The zero-order valence-electron chi connectivity index (χ0n) is 30.5. The van der Waals surface area contributed by atoms with Gasteiger partial charge in [-0.3, -0.25) is 24.0 Å². The van der Waals surface area contributed by atoms with E-state index in [-0.39, 0.29) is 42.4 Å². The average Bonchev–Trinajstić information content (AvgIpc) is 3.42. The molecule has 13 nitrogen and oxygen atoms in total. The average molecular weight is 748 g/mol. The molecule has 0 bridgehead atoms. The number of fused-ring (bicyclic) bond motifs is 1. The highest BCUT2D eigenvalue weighted by atomic mass is 19.1. The van der Waals surface area contributed by atoms with E-state index < -0.39 is 35.5 Å². The maximum Gasteiger partial charge on any atom is 0.410 e. The number of nitrogens with zero attached hydrogens (tertiary/aromatic N) is 4. The lowest BCUT2D eigenvalue weighted by molar-refractivity contribution is -0.149. The molecule has 0 radical (unpaired) electrons. The molecule has 0 fully saturated rings. The summed E-state index contributed by atoms with van der Waals surface area (Å²) in [7, 11) is 2.96. The first-order chi connectivity index (χ1) is 26.5. The summed E-state index contributed by atoms with van der Waals surface area (Å²) in [6.07, 6.45) is 0.0455. The Bertz CT molecular complexity index is 2400. The zero-order chi connectivity index (χ0) is 39.1. The summed E-state index contributed by atoms with van der Waals surface area (Å²) in [5.41, 5.74) is 1.39. The van der Waals surface area contributed by atoms with Crippen molar-refractivity contribution < 1.29 is 37.7 Å². The number of aromatic nitrogens is 3. The SMILES string of the molecule is COc1ccc2c(Oc3ccc(NC(=O)c4c(C)n(CC(C)OC(=O)CN(C)C(=O)OCc5ccccc5)n(-c5ccccc5)c4=O)cc3F)ccnc2c1. The number of amides is 2. The number of rotatable bonds is 13. The lowest BCUT2D eigenvalue weighted by Crippen LogP contribution is -2.35. The van der Waals surface area contributed by atoms with Crippen LogP contribution < -0.4 is 20.3 Å². The molecule has 0 aliphatic rings. The second kappa shape index (κ2) is 16.8. The molecule has 2 heterocycles. The van der Waals surface area contributed by atoms with Crippen LogP contribution in [0.4, 0.5) is 14.9 Å². The first-order valence-electron chi connectivity index (χ1n) is 17.2. The van der Waals surface area contributed by atoms with Crippen molar-refractivity contribution in [2.45, 2.75) is 33.1 Å². The highest BCUT2D eigenvalue weighted by Gasteiger charge is 2.26. The zero-order valence-corrected chi connectivity index (χ0v) is 30.5. The molecule has 6 aromatic rings. The third-order valence-corrected chi connectivity index (χ3v) is 8.59. The Labute approximate surface area is 315 Å². The van der Waals surface area contributed by atoms with Crippen molar-refractivity contribution >= 4 is 34.6 Å². The van der Waals surface area contributed by atoms with E-state index in [1.807, 2.05) is 30.3 Å². The van der Waals surface area contributed by atoms with Crippen LogP contribution in [-0.2, 0) is 27.4 Å². The fourth-order valence-electron chi connectivity index (χ4n) is 5.88. The third-order valence-electron chi connectivity index (χ3n) is 8.59. The molecule has 282 valence electrons. The minimum absolute atomic E-state index is 0.0196. The van der Waals surface area contributed by atoms with E-state index in [0.29, 0.717) is 28.1 Å². The number of carbonyl (C=O) groups excluding carboxylic acids is 3. The van der Waals surface area contributed by atoms with Crippen LogP contribution in [0.1, 0.15) is 28.5 Å². The molecule has 1 N–H and O–H groups in total. The predicted molar refractivity (Wildman–Crippen MR) is 202 cm³/mol. The van der Waals surface area contributed by atoms with Crippen molar-refractivity contribution in [3.8, 4) is 22.9 Å². The van der Waals surface area contributed by atoms with Crippen LogP contribution in [-0.4, -0.2) is 64.0 Å². The van der Waals surface area contributed by atoms with E-state index in [9.17, 15) is 19.2 Å². The molecule has 6 rings (SSSR count). The molecule has 1 unspecified atom stereocenters. The fourth-order valence-corrected chi connectivity index (χ4v) is 5.88. The molecule has 0 aliphatic carbocycles. The highest BCUT2D eigenvalue weighted by Crippen LogP contribution is 2.33. The van der Waals surface area contributed by atoms with Crippen molar-refractivity contribution in [2.75, 3.05) is 26.0 Å². The van der Waals surface area contributed by atoms with Crippen molar-refractivity contribution in [1.82, 2.24) is 19.2 Å². The maximum atomic E-state index is 15.4. The number of esters is 1. The standard InChI is InChI=1S/C41H38FN5O8/c1-26(54-37(48)24-45(3)41(51)53-25-28-11-7-5-8-12-28)23-46-27(2)38(40(50)47(46)30-13-9-6-10-14-30)39(49)44-29-15-18-36(33(42)21-29)55-35-19-20-43-34-22-31(52-4)16-17-32(34)35/h5-22,26H,23-25H2,1-4H3,(H,44,49). The molecule has 14 heteroatoms. The Hall–Kier alpha value is -6.96. The van der Waals surface area contributed by atoms with Gasteiger partial charge in [0.25, 0.3) is 11.5 Å². The van der Waals surface area contributed by atoms with E-state index in [1.165, 1.54) is 34.7 Å². The van der Waals surface area contributed by atoms with Crippen LogP contribution in [0, 0.1) is 12.7 Å². The number of para-hydroxylation sites is 1. The van der Waals surface area contributed by atoms with Gasteiger partial charge >= 0.3 is 12.1 Å². The van der Waals surface area contributed by atoms with Crippen molar-refractivity contribution in [3.05, 3.63) is 142 Å². The summed E-state index contributed by atoms with van der Waals surface area (Å²) in [4.78, 5) is 58.3. The topological polar surface area (TPSA) is 143 Å². The first kappa shape index (κ1) is 37.8. The van der Waals surface area contributed by atoms with Crippen LogP contribution in [0.25, 0.3) is 16.6 Å². The molecule has 1 atom stereocenters. The second-order valence-electron chi connectivity index (χ2n) is 12.6. The Morgan fingerprint density at radius 1 is 0.927 bits per heavy atom. The summed E-state index contributed by atoms with van der Waals surface area (Å²) >= 11 is 0. The van der Waals surface area contributed by atoms with Gasteiger partial charge in [-0.05, 0) is 61.9 Å². The van der Waals surface area contributed by atoms with Gasteiger partial charge < -0.3 is 29.2 Å². The number of hydrogen-bond donors (Lipinski definition) is 1. The number of nitrogens with one attached hydrogen (secondary N) is 1. The number of benzene rings is 4. The predicted octanol–water partition coefficient (Wildman–Crippen LogP) is 6.89.